The molecule has 1 aromatic carbocycles. The average Bonchev–Trinajstić information content (AvgIpc) is 3.19. The third-order valence-electron chi connectivity index (χ3n) is 6.22. The number of hydrogen-bond acceptors (Lipinski definition) is 7. The molecule has 0 amide bonds. The highest BCUT2D eigenvalue weighted by Crippen LogP contribution is 2.40. The molecule has 31 heavy (non-hydrogen) atoms. The Morgan fingerprint density at radius 3 is 2.65 bits per heavy atom. The number of benzene rings is 1. The van der Waals surface area contributed by atoms with Gasteiger partial charge in [-0.25, -0.2) is 9.97 Å². The van der Waals surface area contributed by atoms with Gasteiger partial charge in [-0.05, 0) is 36.6 Å². The van der Waals surface area contributed by atoms with Crippen LogP contribution in [0.2, 0.25) is 5.02 Å². The largest absolute Gasteiger partial charge is 0.385 e. The maximum atomic E-state index is 11.3. The van der Waals surface area contributed by atoms with Crippen molar-refractivity contribution in [2.24, 2.45) is 0 Å². The molecule has 1 N–H and O–H groups in total. The standard InChI is InChI=1S/C22H24Cl2N4O2S/c23-16-3-1-15(2-4-16)22(29)5-7-27(8-6-22)21(28-9-10-30-20(24)13-28)18-11-17-19(31-18)12-25-14-26-17/h1-4,11-12,14,20-21,29H,5-10,13H2. The second-order valence-corrected chi connectivity index (χ2v) is 10.2. The van der Waals surface area contributed by atoms with E-state index in [9.17, 15) is 5.11 Å². The summed E-state index contributed by atoms with van der Waals surface area (Å²) in [5, 5.41) is 12.0. The molecule has 0 saturated carbocycles. The molecule has 0 radical (unpaired) electrons. The summed E-state index contributed by atoms with van der Waals surface area (Å²) in [4.78, 5) is 14.6. The van der Waals surface area contributed by atoms with Gasteiger partial charge >= 0.3 is 0 Å². The molecule has 2 aliphatic rings. The number of piperidine rings is 1. The van der Waals surface area contributed by atoms with Gasteiger partial charge in [0.2, 0.25) is 0 Å². The predicted molar refractivity (Wildman–Crippen MR) is 123 cm³/mol. The van der Waals surface area contributed by atoms with E-state index in [4.69, 9.17) is 27.9 Å². The van der Waals surface area contributed by atoms with E-state index in [2.05, 4.69) is 25.8 Å². The molecule has 2 unspecified atom stereocenters. The van der Waals surface area contributed by atoms with E-state index < -0.39 is 5.60 Å². The zero-order chi connectivity index (χ0) is 21.4. The van der Waals surface area contributed by atoms with Crippen LogP contribution in [0.3, 0.4) is 0 Å². The SMILES string of the molecule is OC1(c2ccc(Cl)cc2)CCN(C(c2cc3ncncc3s2)N2CCOC(Cl)C2)CC1. The fourth-order valence-corrected chi connectivity index (χ4v) is 6.11. The van der Waals surface area contributed by atoms with Gasteiger partial charge < -0.3 is 9.84 Å². The molecular formula is C22H24Cl2N4O2S. The lowest BCUT2D eigenvalue weighted by Crippen LogP contribution is -2.52. The number of morpholine rings is 1. The fraction of sp³-hybridized carbons (Fsp3) is 0.455. The predicted octanol–water partition coefficient (Wildman–Crippen LogP) is 4.22. The van der Waals surface area contributed by atoms with Gasteiger partial charge in [-0.2, -0.15) is 0 Å². The van der Waals surface area contributed by atoms with Crippen LogP contribution in [0.1, 0.15) is 29.4 Å². The van der Waals surface area contributed by atoms with Crippen LogP contribution in [0.4, 0.5) is 0 Å². The molecular weight excluding hydrogens is 455 g/mol. The number of thiophene rings is 1. The molecule has 6 nitrogen and oxygen atoms in total. The molecule has 0 aliphatic carbocycles. The molecule has 2 atom stereocenters. The van der Waals surface area contributed by atoms with Crippen LogP contribution in [0.25, 0.3) is 10.2 Å². The Bertz CT molecular complexity index is 1010. The number of nitrogens with zero attached hydrogens (tertiary/aromatic N) is 4. The van der Waals surface area contributed by atoms with Gasteiger partial charge in [-0.3, -0.25) is 9.80 Å². The summed E-state index contributed by atoms with van der Waals surface area (Å²) in [5.41, 5.74) is 0.737. The zero-order valence-electron chi connectivity index (χ0n) is 17.0. The lowest BCUT2D eigenvalue weighted by Gasteiger charge is -2.46. The number of halogens is 2. The van der Waals surface area contributed by atoms with E-state index in [1.165, 1.54) is 4.88 Å². The fourth-order valence-electron chi connectivity index (χ4n) is 4.56. The molecule has 2 aliphatic heterocycles. The van der Waals surface area contributed by atoms with E-state index >= 15 is 0 Å². The van der Waals surface area contributed by atoms with Crippen molar-refractivity contribution in [3.05, 3.63) is 58.3 Å². The number of hydrogen-bond donors (Lipinski definition) is 1. The summed E-state index contributed by atoms with van der Waals surface area (Å²) < 4.78 is 6.65. The molecule has 2 saturated heterocycles. The third kappa shape index (κ3) is 4.46. The Labute approximate surface area is 195 Å². The molecule has 2 aromatic heterocycles. The lowest BCUT2D eigenvalue weighted by atomic mass is 9.84. The molecule has 5 rings (SSSR count). The number of rotatable bonds is 4. The maximum absolute atomic E-state index is 11.3. The van der Waals surface area contributed by atoms with Crippen molar-refractivity contribution in [1.82, 2.24) is 19.8 Å². The minimum atomic E-state index is -0.836. The van der Waals surface area contributed by atoms with Crippen molar-refractivity contribution in [1.29, 1.82) is 0 Å². The minimum Gasteiger partial charge on any atom is -0.385 e. The summed E-state index contributed by atoms with van der Waals surface area (Å²) in [6, 6.07) is 9.71. The van der Waals surface area contributed by atoms with Gasteiger partial charge in [0.15, 0.2) is 0 Å². The van der Waals surface area contributed by atoms with Gasteiger partial charge in [-0.1, -0.05) is 35.3 Å². The monoisotopic (exact) mass is 478 g/mol. The van der Waals surface area contributed by atoms with Crippen LogP contribution in [0, 0.1) is 0 Å². The van der Waals surface area contributed by atoms with Crippen LogP contribution in [-0.4, -0.2) is 63.2 Å². The van der Waals surface area contributed by atoms with E-state index in [0.29, 0.717) is 31.0 Å². The van der Waals surface area contributed by atoms with E-state index in [1.807, 2.05) is 30.5 Å². The van der Waals surface area contributed by atoms with Crippen molar-refractivity contribution >= 4 is 44.8 Å². The Balaban J connectivity index is 1.41. The van der Waals surface area contributed by atoms with Crippen molar-refractivity contribution in [2.75, 3.05) is 32.8 Å². The number of aliphatic hydroxyl groups is 1. The Morgan fingerprint density at radius 2 is 1.94 bits per heavy atom. The van der Waals surface area contributed by atoms with E-state index in [1.54, 1.807) is 17.7 Å². The quantitative estimate of drug-likeness (QED) is 0.566. The Kier molecular flexibility index (Phi) is 6.18. The van der Waals surface area contributed by atoms with Gasteiger partial charge in [0.25, 0.3) is 0 Å². The number of likely N-dealkylation sites (tertiary alicyclic amines) is 1. The first-order chi connectivity index (χ1) is 15.0. The zero-order valence-corrected chi connectivity index (χ0v) is 19.3. The molecule has 0 spiro atoms. The summed E-state index contributed by atoms with van der Waals surface area (Å²) in [7, 11) is 0. The molecule has 164 valence electrons. The summed E-state index contributed by atoms with van der Waals surface area (Å²) in [6.07, 6.45) is 4.84. The first-order valence-corrected chi connectivity index (χ1v) is 12.1. The number of alkyl halides is 1. The van der Waals surface area contributed by atoms with Crippen LogP contribution in [-0.2, 0) is 10.3 Å². The summed E-state index contributed by atoms with van der Waals surface area (Å²) in [5.74, 6) is 0. The summed E-state index contributed by atoms with van der Waals surface area (Å²) in [6.45, 7) is 3.62. The molecule has 2 fully saturated rings. The van der Waals surface area contributed by atoms with Crippen molar-refractivity contribution in [2.45, 2.75) is 30.2 Å². The van der Waals surface area contributed by atoms with Crippen molar-refractivity contribution < 1.29 is 9.84 Å². The second-order valence-electron chi connectivity index (χ2n) is 8.14. The average molecular weight is 479 g/mol. The first kappa shape index (κ1) is 21.5. The highest BCUT2D eigenvalue weighted by molar-refractivity contribution is 7.19. The van der Waals surface area contributed by atoms with Crippen LogP contribution in [0.5, 0.6) is 0 Å². The van der Waals surface area contributed by atoms with Crippen LogP contribution >= 0.6 is 34.5 Å². The topological polar surface area (TPSA) is 61.7 Å². The molecule has 3 aromatic rings. The second kappa shape index (κ2) is 8.90. The molecule has 9 heteroatoms. The Morgan fingerprint density at radius 1 is 1.16 bits per heavy atom. The number of aromatic nitrogens is 2. The molecule has 0 bridgehead atoms. The first-order valence-electron chi connectivity index (χ1n) is 10.4. The lowest BCUT2D eigenvalue weighted by molar-refractivity contribution is -0.0857. The number of ether oxygens (including phenoxy) is 1. The van der Waals surface area contributed by atoms with E-state index in [0.717, 1.165) is 35.4 Å². The Hall–Kier alpha value is -1.32. The van der Waals surface area contributed by atoms with Gasteiger partial charge in [0.1, 0.15) is 11.9 Å². The highest BCUT2D eigenvalue weighted by Gasteiger charge is 2.39. The van der Waals surface area contributed by atoms with Crippen molar-refractivity contribution in [3.8, 4) is 0 Å². The van der Waals surface area contributed by atoms with Crippen LogP contribution < -0.4 is 0 Å². The summed E-state index contributed by atoms with van der Waals surface area (Å²) >= 11 is 14.1. The highest BCUT2D eigenvalue weighted by atomic mass is 35.5. The smallest absolute Gasteiger partial charge is 0.143 e. The molecule has 4 heterocycles. The third-order valence-corrected chi connectivity index (χ3v) is 7.84. The van der Waals surface area contributed by atoms with Gasteiger partial charge in [0.05, 0.1) is 28.6 Å². The minimum absolute atomic E-state index is 0.0686. The van der Waals surface area contributed by atoms with Gasteiger partial charge in [-0.15, -0.1) is 11.3 Å². The van der Waals surface area contributed by atoms with Crippen molar-refractivity contribution in [3.63, 3.8) is 0 Å². The van der Waals surface area contributed by atoms with Crippen LogP contribution in [0.15, 0.2) is 42.9 Å². The van der Waals surface area contributed by atoms with E-state index in [-0.39, 0.29) is 11.7 Å². The number of fused-ring (bicyclic) bond motifs is 1. The maximum Gasteiger partial charge on any atom is 0.143 e. The normalized spacial score (nSPS) is 23.8. The van der Waals surface area contributed by atoms with Gasteiger partial charge in [0, 0.05) is 42.3 Å².